The van der Waals surface area contributed by atoms with Crippen molar-refractivity contribution in [2.45, 2.75) is 173 Å². The quantitative estimate of drug-likeness (QED) is 0.0292. The number of carboxylic acids is 1. The number of hydrogen-bond donors (Lipinski definition) is 14. The molecule has 27 nitrogen and oxygen atoms in total. The van der Waals surface area contributed by atoms with E-state index in [2.05, 4.69) is 42.5 Å². The highest BCUT2D eigenvalue weighted by Gasteiger charge is 2.41. The lowest BCUT2D eigenvalue weighted by atomic mass is 10.00. The van der Waals surface area contributed by atoms with Crippen molar-refractivity contribution in [1.29, 1.82) is 0 Å². The maximum Gasteiger partial charge on any atom is 0.303 e. The number of rotatable bonds is 34. The van der Waals surface area contributed by atoms with Crippen LogP contribution in [0.5, 0.6) is 0 Å². The molecular formula is C50H81N13O14. The van der Waals surface area contributed by atoms with Crippen LogP contribution in [0.3, 0.4) is 0 Å². The summed E-state index contributed by atoms with van der Waals surface area (Å²) >= 11 is 0. The highest BCUT2D eigenvalue weighted by atomic mass is 16.4. The zero-order valence-corrected chi connectivity index (χ0v) is 44.8. The number of nitrogens with one attached hydrogen (secondary N) is 8. The summed E-state index contributed by atoms with van der Waals surface area (Å²) in [6.45, 7) is 9.40. The topological polar surface area (TPSA) is 449 Å². The van der Waals surface area contributed by atoms with Gasteiger partial charge in [-0.25, -0.2) is 0 Å². The van der Waals surface area contributed by atoms with E-state index in [1.165, 1.54) is 18.7 Å². The lowest BCUT2D eigenvalue weighted by Crippen LogP contribution is -2.60. The molecule has 0 saturated carbocycles. The Balaban J connectivity index is 2.30. The lowest BCUT2D eigenvalue weighted by Gasteiger charge is -2.32. The fraction of sp³-hybridized carbons (Fsp3) is 0.640. The van der Waals surface area contributed by atoms with Crippen LogP contribution in [0.25, 0.3) is 0 Å². The Bertz CT molecular complexity index is 2220. The van der Waals surface area contributed by atoms with Gasteiger partial charge >= 0.3 is 5.97 Å². The highest BCUT2D eigenvalue weighted by Crippen LogP contribution is 2.22. The van der Waals surface area contributed by atoms with Crippen LogP contribution in [-0.2, 0) is 64.0 Å². The third-order valence-corrected chi connectivity index (χ3v) is 12.3. The maximum absolute atomic E-state index is 14.4. The molecule has 1 aliphatic rings. The van der Waals surface area contributed by atoms with E-state index in [4.69, 9.17) is 22.9 Å². The van der Waals surface area contributed by atoms with Crippen molar-refractivity contribution in [3.63, 3.8) is 0 Å². The second-order valence-electron chi connectivity index (χ2n) is 20.1. The Kier molecular flexibility index (Phi) is 28.2. The van der Waals surface area contributed by atoms with Crippen molar-refractivity contribution >= 4 is 70.9 Å². The minimum absolute atomic E-state index is 0.0388. The molecule has 11 amide bonds. The number of benzene rings is 1. The van der Waals surface area contributed by atoms with Crippen LogP contribution in [-0.4, -0.2) is 166 Å². The van der Waals surface area contributed by atoms with Gasteiger partial charge in [-0.1, -0.05) is 64.4 Å². The van der Waals surface area contributed by atoms with E-state index in [1.807, 2.05) is 0 Å². The Hall–Kier alpha value is -7.26. The molecule has 0 bridgehead atoms. The number of unbranched alkanes of at least 4 members (excludes halogenated alkanes) is 1. The van der Waals surface area contributed by atoms with Gasteiger partial charge in [-0.05, 0) is 82.7 Å². The first-order valence-electron chi connectivity index (χ1n) is 25.8. The number of likely N-dealkylation sites (tertiary alicyclic amines) is 1. The number of aliphatic hydroxyl groups is 1. The zero-order chi connectivity index (χ0) is 58.1. The third kappa shape index (κ3) is 23.7. The van der Waals surface area contributed by atoms with E-state index in [-0.39, 0.29) is 50.5 Å². The van der Waals surface area contributed by atoms with Crippen LogP contribution in [0.2, 0.25) is 0 Å². The normalized spacial score (nSPS) is 16.7. The van der Waals surface area contributed by atoms with E-state index in [1.54, 1.807) is 58.0 Å². The van der Waals surface area contributed by atoms with Gasteiger partial charge in [-0.2, -0.15) is 0 Å². The predicted octanol–water partition coefficient (Wildman–Crippen LogP) is -4.10. The van der Waals surface area contributed by atoms with Crippen LogP contribution >= 0.6 is 0 Å². The molecule has 1 aromatic carbocycles. The molecular weight excluding hydrogens is 1010 g/mol. The van der Waals surface area contributed by atoms with E-state index >= 15 is 0 Å². The average molecular weight is 1090 g/mol. The molecule has 1 saturated heterocycles. The van der Waals surface area contributed by atoms with Gasteiger partial charge in [0.15, 0.2) is 0 Å². The van der Waals surface area contributed by atoms with Crippen molar-refractivity contribution < 1.29 is 67.7 Å². The fourth-order valence-corrected chi connectivity index (χ4v) is 8.26. The smallest absolute Gasteiger partial charge is 0.303 e. The Morgan fingerprint density at radius 2 is 1.23 bits per heavy atom. The number of nitrogens with two attached hydrogens (primary N) is 4. The summed E-state index contributed by atoms with van der Waals surface area (Å²) in [6.07, 6.45) is -1.11. The van der Waals surface area contributed by atoms with Gasteiger partial charge in [0.05, 0.1) is 25.1 Å². The molecule has 1 aliphatic heterocycles. The standard InChI is InChI=1S/C50H81N13O14/c1-26(2)21-33(48(75)62-41(29(6)64)42(54)69)60-49(76)37-16-12-20-63(37)50(77)36(22-27(3)4)61-45(72)32(17-18-40(67)68)58-47(74)34(23-30-13-8-7-9-14-30)57-39(66)25-55-43(70)28(5)56-46(73)35(24-38(53)65)59-44(71)31(52)15-10-11-19-51/h7-9,13-14,26-29,31-37,41,64H,10-12,15-25,51-52H2,1-6H3,(H2,53,65)(H2,54,69)(H,55,70)(H,56,73)(H,57,66)(H,58,74)(H,59,71)(H,60,76)(H,61,72)(H,62,75)(H,67,68)/t28-,29+,31-,32-,33-,34-,35-,36-,37-,41-/m0/s1. The SMILES string of the molecule is CC(C)C[C@H](NC(=O)[C@@H]1CCCN1C(=O)[C@H](CC(C)C)NC(=O)[C@H](CCC(=O)O)NC(=O)[C@H](Cc1ccccc1)NC(=O)CNC(=O)[C@H](C)NC(=O)[C@H](CC(N)=O)NC(=O)[C@@H](N)CCCCN)C(=O)N[C@H](C(N)=O)[C@@H](C)O. The molecule has 10 atom stereocenters. The van der Waals surface area contributed by atoms with E-state index < -0.39 is 157 Å². The molecule has 0 aromatic heterocycles. The minimum Gasteiger partial charge on any atom is -0.481 e. The number of primary amides is 2. The van der Waals surface area contributed by atoms with Crippen LogP contribution < -0.4 is 65.5 Å². The van der Waals surface area contributed by atoms with Gasteiger partial charge in [0.25, 0.3) is 0 Å². The zero-order valence-electron chi connectivity index (χ0n) is 44.8. The van der Waals surface area contributed by atoms with Gasteiger partial charge in [0.2, 0.25) is 65.0 Å². The number of aliphatic hydroxyl groups excluding tert-OH is 1. The minimum atomic E-state index is -1.59. The molecule has 0 spiro atoms. The van der Waals surface area contributed by atoms with Crippen molar-refractivity contribution in [2.24, 2.45) is 34.8 Å². The van der Waals surface area contributed by atoms with E-state index in [0.717, 1.165) is 0 Å². The molecule has 1 heterocycles. The van der Waals surface area contributed by atoms with Crippen molar-refractivity contribution in [3.05, 3.63) is 35.9 Å². The number of nitrogens with zero attached hydrogens (tertiary/aromatic N) is 1. The summed E-state index contributed by atoms with van der Waals surface area (Å²) in [5, 5.41) is 39.4. The van der Waals surface area contributed by atoms with Crippen LogP contribution in [0.1, 0.15) is 111 Å². The van der Waals surface area contributed by atoms with Gasteiger partial charge in [-0.3, -0.25) is 57.5 Å². The summed E-state index contributed by atoms with van der Waals surface area (Å²) in [7, 11) is 0. The molecule has 0 unspecified atom stereocenters. The van der Waals surface area contributed by atoms with Crippen LogP contribution in [0.15, 0.2) is 30.3 Å². The largest absolute Gasteiger partial charge is 0.481 e. The molecule has 1 fully saturated rings. The number of aliphatic carboxylic acids is 1. The monoisotopic (exact) mass is 1090 g/mol. The van der Waals surface area contributed by atoms with Crippen molar-refractivity contribution in [2.75, 3.05) is 19.6 Å². The second kappa shape index (κ2) is 33.0. The predicted molar refractivity (Wildman–Crippen MR) is 278 cm³/mol. The Morgan fingerprint density at radius 3 is 1.81 bits per heavy atom. The fourth-order valence-electron chi connectivity index (χ4n) is 8.26. The van der Waals surface area contributed by atoms with Crippen LogP contribution in [0.4, 0.5) is 0 Å². The molecule has 27 heteroatoms. The molecule has 1 aromatic rings. The van der Waals surface area contributed by atoms with Crippen LogP contribution in [0, 0.1) is 11.8 Å². The maximum atomic E-state index is 14.4. The Labute approximate surface area is 448 Å². The third-order valence-electron chi connectivity index (χ3n) is 12.3. The van der Waals surface area contributed by atoms with Gasteiger partial charge < -0.3 is 80.6 Å². The first-order valence-corrected chi connectivity index (χ1v) is 25.8. The average Bonchev–Trinajstić information content (AvgIpc) is 3.85. The summed E-state index contributed by atoms with van der Waals surface area (Å²) in [4.78, 5) is 159. The number of amides is 11. The highest BCUT2D eigenvalue weighted by molar-refractivity contribution is 5.99. The number of carbonyl (C=O) groups is 12. The second-order valence-corrected chi connectivity index (χ2v) is 20.1. The number of hydrogen-bond acceptors (Lipinski definition) is 15. The number of carbonyl (C=O) groups excluding carboxylic acids is 11. The summed E-state index contributed by atoms with van der Waals surface area (Å²) < 4.78 is 0. The van der Waals surface area contributed by atoms with Gasteiger partial charge in [0, 0.05) is 19.4 Å². The molecule has 18 N–H and O–H groups in total. The van der Waals surface area contributed by atoms with Gasteiger partial charge in [0.1, 0.15) is 48.3 Å². The molecule has 77 heavy (non-hydrogen) atoms. The lowest BCUT2D eigenvalue weighted by molar-refractivity contribution is -0.143. The van der Waals surface area contributed by atoms with Crippen molar-refractivity contribution in [1.82, 2.24) is 47.4 Å². The first kappa shape index (κ1) is 65.9. The summed E-state index contributed by atoms with van der Waals surface area (Å²) in [6, 6.07) is -3.55. The summed E-state index contributed by atoms with van der Waals surface area (Å²) in [5.74, 6) is -11.1. The van der Waals surface area contributed by atoms with Gasteiger partial charge in [-0.15, -0.1) is 0 Å². The Morgan fingerprint density at radius 1 is 0.662 bits per heavy atom. The molecule has 0 radical (unpaired) electrons. The first-order chi connectivity index (χ1) is 36.1. The van der Waals surface area contributed by atoms with E-state index in [9.17, 15) is 67.7 Å². The summed E-state index contributed by atoms with van der Waals surface area (Å²) in [5.41, 5.74) is 22.6. The van der Waals surface area contributed by atoms with E-state index in [0.29, 0.717) is 31.4 Å². The molecule has 430 valence electrons. The number of carboxylic acid groups (broad SMARTS) is 1. The van der Waals surface area contributed by atoms with Crippen molar-refractivity contribution in [3.8, 4) is 0 Å². The molecule has 2 rings (SSSR count). The molecule has 0 aliphatic carbocycles.